The van der Waals surface area contributed by atoms with Crippen molar-refractivity contribution in [2.24, 2.45) is 11.7 Å². The summed E-state index contributed by atoms with van der Waals surface area (Å²) >= 11 is 0. The molecule has 4 aromatic rings. The Hall–Kier alpha value is -3.76. The highest BCUT2D eigenvalue weighted by atomic mass is 19.1. The SMILES string of the molecule is Cc1c(-c2cc3cc(F)cc(C4CCN(C(=O)C5CCCCO5)CC4)c3n2CC2CC2)nn2cc(C(=O)N3CCCC(N)C3)ccc12. The minimum atomic E-state index is -0.314. The van der Waals surface area contributed by atoms with Crippen molar-refractivity contribution in [3.05, 3.63) is 59.0 Å². The first kappa shape index (κ1) is 30.6. The van der Waals surface area contributed by atoms with Gasteiger partial charge in [0.25, 0.3) is 11.8 Å². The zero-order valence-corrected chi connectivity index (χ0v) is 27.3. The summed E-state index contributed by atoms with van der Waals surface area (Å²) in [5.41, 5.74) is 12.7. The molecule has 10 heteroatoms. The van der Waals surface area contributed by atoms with Gasteiger partial charge in [0.05, 0.1) is 22.3 Å². The normalized spacial score (nSPS) is 22.8. The van der Waals surface area contributed by atoms with Gasteiger partial charge in [-0.3, -0.25) is 9.59 Å². The van der Waals surface area contributed by atoms with Crippen LogP contribution >= 0.6 is 0 Å². The van der Waals surface area contributed by atoms with Crippen LogP contribution in [0.5, 0.6) is 0 Å². The van der Waals surface area contributed by atoms with E-state index >= 15 is 4.39 Å². The van der Waals surface area contributed by atoms with E-state index < -0.39 is 0 Å². The number of benzene rings is 1. The van der Waals surface area contributed by atoms with E-state index in [-0.39, 0.29) is 35.7 Å². The number of amides is 2. The molecule has 3 saturated heterocycles. The van der Waals surface area contributed by atoms with Gasteiger partial charge in [0.1, 0.15) is 17.6 Å². The van der Waals surface area contributed by atoms with E-state index in [1.54, 1.807) is 12.1 Å². The third kappa shape index (κ3) is 5.84. The molecule has 9 nitrogen and oxygen atoms in total. The van der Waals surface area contributed by atoms with Crippen LogP contribution in [-0.4, -0.2) is 80.7 Å². The van der Waals surface area contributed by atoms with Gasteiger partial charge in [-0.15, -0.1) is 0 Å². The predicted molar refractivity (Wildman–Crippen MR) is 179 cm³/mol. The van der Waals surface area contributed by atoms with Crippen LogP contribution in [0.25, 0.3) is 27.8 Å². The second kappa shape index (κ2) is 12.4. The molecule has 2 unspecified atom stereocenters. The Morgan fingerprint density at radius 3 is 2.55 bits per heavy atom. The van der Waals surface area contributed by atoms with E-state index in [2.05, 4.69) is 17.6 Å². The Balaban J connectivity index is 1.13. The average molecular weight is 641 g/mol. The molecule has 3 aliphatic heterocycles. The van der Waals surface area contributed by atoms with Crippen LogP contribution in [0.15, 0.2) is 36.5 Å². The van der Waals surface area contributed by atoms with E-state index in [1.807, 2.05) is 32.6 Å². The van der Waals surface area contributed by atoms with Crippen LogP contribution in [0.2, 0.25) is 0 Å². The van der Waals surface area contributed by atoms with Gasteiger partial charge in [-0.2, -0.15) is 5.10 Å². The molecule has 8 rings (SSSR count). The van der Waals surface area contributed by atoms with E-state index in [0.29, 0.717) is 37.7 Å². The van der Waals surface area contributed by atoms with E-state index in [1.165, 1.54) is 12.8 Å². The van der Waals surface area contributed by atoms with Crippen LogP contribution < -0.4 is 5.73 Å². The highest BCUT2D eigenvalue weighted by molar-refractivity contribution is 5.95. The van der Waals surface area contributed by atoms with Crippen molar-refractivity contribution in [3.63, 3.8) is 0 Å². The number of carbonyl (C=O) groups excluding carboxylic acids is 2. The van der Waals surface area contributed by atoms with Crippen molar-refractivity contribution in [1.82, 2.24) is 24.0 Å². The number of fused-ring (bicyclic) bond motifs is 2. The molecule has 1 saturated carbocycles. The zero-order valence-electron chi connectivity index (χ0n) is 27.3. The highest BCUT2D eigenvalue weighted by Gasteiger charge is 2.33. The number of rotatable bonds is 6. The predicted octanol–water partition coefficient (Wildman–Crippen LogP) is 5.65. The fraction of sp³-hybridized carbons (Fsp3) is 0.541. The van der Waals surface area contributed by atoms with Gasteiger partial charge in [0.2, 0.25) is 0 Å². The van der Waals surface area contributed by atoms with Crippen LogP contribution in [0.4, 0.5) is 4.39 Å². The Morgan fingerprint density at radius 2 is 1.81 bits per heavy atom. The molecule has 3 aromatic heterocycles. The Labute approximate surface area is 274 Å². The Kier molecular flexibility index (Phi) is 8.04. The summed E-state index contributed by atoms with van der Waals surface area (Å²) in [7, 11) is 0. The summed E-state index contributed by atoms with van der Waals surface area (Å²) in [6.07, 6.45) is 10.2. The fourth-order valence-corrected chi connectivity index (χ4v) is 8.14. The Morgan fingerprint density at radius 1 is 0.979 bits per heavy atom. The maximum Gasteiger partial charge on any atom is 0.255 e. The smallest absolute Gasteiger partial charge is 0.255 e. The molecule has 1 aromatic carbocycles. The molecule has 2 amide bonds. The monoisotopic (exact) mass is 640 g/mol. The number of nitrogens with zero attached hydrogens (tertiary/aromatic N) is 5. The third-order valence-electron chi connectivity index (χ3n) is 10.9. The first-order chi connectivity index (χ1) is 22.8. The summed E-state index contributed by atoms with van der Waals surface area (Å²) in [4.78, 5) is 30.3. The summed E-state index contributed by atoms with van der Waals surface area (Å²) in [5, 5.41) is 5.95. The molecule has 4 aliphatic rings. The standard InChI is InChI=1S/C37H45FN6O3/c1-23-31-10-9-26(36(45)42-13-4-5-29(39)22-42)21-44(31)40-34(23)32-18-27-17-28(38)19-30(35(27)43(32)20-24-7-8-24)25-11-14-41(15-12-25)37(46)33-6-2-3-16-47-33/h9-10,17-19,21,24-25,29,33H,2-8,11-16,20,22,39H2,1H3. The molecule has 0 radical (unpaired) electrons. The molecule has 4 fully saturated rings. The average Bonchev–Trinajstić information content (AvgIpc) is 3.77. The maximum absolute atomic E-state index is 15.3. The van der Waals surface area contributed by atoms with Crippen LogP contribution in [0, 0.1) is 18.7 Å². The molecule has 2 atom stereocenters. The maximum atomic E-state index is 15.3. The highest BCUT2D eigenvalue weighted by Crippen LogP contribution is 2.41. The van der Waals surface area contributed by atoms with Gasteiger partial charge < -0.3 is 24.8 Å². The number of aryl methyl sites for hydroxylation is 1. The molecule has 2 N–H and O–H groups in total. The lowest BCUT2D eigenvalue weighted by Gasteiger charge is -2.35. The van der Waals surface area contributed by atoms with Gasteiger partial charge in [-0.05, 0) is 112 Å². The van der Waals surface area contributed by atoms with Crippen LogP contribution in [-0.2, 0) is 16.1 Å². The zero-order chi connectivity index (χ0) is 32.2. The number of ether oxygens (including phenoxy) is 1. The molecule has 0 bridgehead atoms. The quantitative estimate of drug-likeness (QED) is 0.294. The molecule has 1 aliphatic carbocycles. The molecular weight excluding hydrogens is 595 g/mol. The van der Waals surface area contributed by atoms with E-state index in [0.717, 1.165) is 97.0 Å². The summed E-state index contributed by atoms with van der Waals surface area (Å²) in [5.74, 6) is 0.611. The number of carbonyl (C=O) groups is 2. The first-order valence-electron chi connectivity index (χ1n) is 17.6. The van der Waals surface area contributed by atoms with Crippen LogP contribution in [0.3, 0.4) is 0 Å². The van der Waals surface area contributed by atoms with Crippen molar-refractivity contribution in [2.75, 3.05) is 32.8 Å². The number of aromatic nitrogens is 3. The minimum absolute atomic E-state index is 0.0151. The van der Waals surface area contributed by atoms with Gasteiger partial charge >= 0.3 is 0 Å². The topological polar surface area (TPSA) is 98.1 Å². The van der Waals surface area contributed by atoms with Crippen molar-refractivity contribution < 1.29 is 18.7 Å². The van der Waals surface area contributed by atoms with E-state index in [4.69, 9.17) is 15.6 Å². The van der Waals surface area contributed by atoms with Gasteiger partial charge in [0.15, 0.2) is 0 Å². The Bertz CT molecular complexity index is 1830. The first-order valence-corrected chi connectivity index (χ1v) is 17.6. The number of hydrogen-bond donors (Lipinski definition) is 1. The van der Waals surface area contributed by atoms with Gasteiger partial charge in [0, 0.05) is 62.5 Å². The number of pyridine rings is 1. The largest absolute Gasteiger partial charge is 0.368 e. The number of nitrogens with two attached hydrogens (primary N) is 1. The van der Waals surface area contributed by atoms with Gasteiger partial charge in [-0.25, -0.2) is 8.91 Å². The lowest BCUT2D eigenvalue weighted by molar-refractivity contribution is -0.147. The molecule has 47 heavy (non-hydrogen) atoms. The van der Waals surface area contributed by atoms with E-state index in [9.17, 15) is 9.59 Å². The number of hydrogen-bond acceptors (Lipinski definition) is 5. The summed E-state index contributed by atoms with van der Waals surface area (Å²) in [6, 6.07) is 9.36. The van der Waals surface area contributed by atoms with Crippen molar-refractivity contribution >= 4 is 28.2 Å². The second-order valence-corrected chi connectivity index (χ2v) is 14.3. The molecule has 248 valence electrons. The fourth-order valence-electron chi connectivity index (χ4n) is 8.14. The number of likely N-dealkylation sites (tertiary alicyclic amines) is 2. The number of halogens is 1. The van der Waals surface area contributed by atoms with Crippen molar-refractivity contribution in [2.45, 2.75) is 89.3 Å². The number of piperidine rings is 2. The third-order valence-corrected chi connectivity index (χ3v) is 10.9. The lowest BCUT2D eigenvalue weighted by Crippen LogP contribution is -2.45. The molecular formula is C37H45FN6O3. The minimum Gasteiger partial charge on any atom is -0.368 e. The summed E-state index contributed by atoms with van der Waals surface area (Å²) in [6.45, 7) is 6.21. The van der Waals surface area contributed by atoms with Crippen molar-refractivity contribution in [3.8, 4) is 11.4 Å². The molecule has 0 spiro atoms. The second-order valence-electron chi connectivity index (χ2n) is 14.3. The van der Waals surface area contributed by atoms with Crippen LogP contribution in [0.1, 0.15) is 85.2 Å². The van der Waals surface area contributed by atoms with Crippen molar-refractivity contribution in [1.29, 1.82) is 0 Å². The summed E-state index contributed by atoms with van der Waals surface area (Å²) < 4.78 is 25.3. The lowest BCUT2D eigenvalue weighted by atomic mass is 9.87. The molecule has 6 heterocycles. The van der Waals surface area contributed by atoms with Gasteiger partial charge in [-0.1, -0.05) is 0 Å².